The number of hydrogen-bond acceptors (Lipinski definition) is 4. The molecule has 0 aliphatic rings. The van der Waals surface area contributed by atoms with Gasteiger partial charge in [-0.3, -0.25) is 20.2 Å². The van der Waals surface area contributed by atoms with Crippen LogP contribution in [0.15, 0.2) is 29.2 Å². The van der Waals surface area contributed by atoms with E-state index in [2.05, 4.69) is 10.9 Å². The molecule has 0 aromatic heterocycles. The summed E-state index contributed by atoms with van der Waals surface area (Å²) in [6.07, 6.45) is 0. The Morgan fingerprint density at radius 1 is 1.33 bits per heavy atom. The van der Waals surface area contributed by atoms with Crippen LogP contribution in [0.25, 0.3) is 0 Å². The third-order valence-electron chi connectivity index (χ3n) is 1.54. The number of hydrazine groups is 1. The van der Waals surface area contributed by atoms with Crippen LogP contribution in [0.1, 0.15) is 6.92 Å². The van der Waals surface area contributed by atoms with Gasteiger partial charge in [-0.05, 0) is 12.1 Å². The zero-order valence-electron chi connectivity index (χ0n) is 7.89. The van der Waals surface area contributed by atoms with E-state index >= 15 is 0 Å². The van der Waals surface area contributed by atoms with E-state index in [-0.39, 0.29) is 16.5 Å². The number of benzene rings is 1. The number of anilines is 1. The molecule has 0 radical (unpaired) electrons. The second kappa shape index (κ2) is 4.28. The quantitative estimate of drug-likeness (QED) is 0.516. The molecule has 0 bridgehead atoms. The standard InChI is InChI=1S/C8H10N2O4S/c1-6(11)9-10-7-4-2-3-5-8(7)15(12,13)14/h2-5,10H,1H3,(H,9,11)(H,12,13,14). The number of nitrogens with one attached hydrogen (secondary N) is 2. The van der Waals surface area contributed by atoms with Crippen LogP contribution >= 0.6 is 0 Å². The molecule has 0 spiro atoms. The monoisotopic (exact) mass is 230 g/mol. The van der Waals surface area contributed by atoms with Gasteiger partial charge in [0.15, 0.2) is 0 Å². The minimum absolute atomic E-state index is 0.107. The number of hydrogen-bond donors (Lipinski definition) is 3. The van der Waals surface area contributed by atoms with Crippen molar-refractivity contribution in [2.45, 2.75) is 11.8 Å². The van der Waals surface area contributed by atoms with E-state index < -0.39 is 10.1 Å². The van der Waals surface area contributed by atoms with E-state index in [9.17, 15) is 13.2 Å². The van der Waals surface area contributed by atoms with Gasteiger partial charge in [0.2, 0.25) is 5.91 Å². The predicted octanol–water partition coefficient (Wildman–Crippen LogP) is 0.396. The molecular weight excluding hydrogens is 220 g/mol. The van der Waals surface area contributed by atoms with Gasteiger partial charge in [0.25, 0.3) is 10.1 Å². The van der Waals surface area contributed by atoms with Gasteiger partial charge in [0.05, 0.1) is 5.69 Å². The van der Waals surface area contributed by atoms with Gasteiger partial charge < -0.3 is 0 Å². The van der Waals surface area contributed by atoms with Crippen LogP contribution in [-0.4, -0.2) is 18.9 Å². The summed E-state index contributed by atoms with van der Waals surface area (Å²) in [6, 6.07) is 5.67. The van der Waals surface area contributed by atoms with Gasteiger partial charge in [-0.25, -0.2) is 0 Å². The van der Waals surface area contributed by atoms with Gasteiger partial charge in [-0.15, -0.1) is 0 Å². The Labute approximate surface area is 87.0 Å². The van der Waals surface area contributed by atoms with Crippen LogP contribution in [0.2, 0.25) is 0 Å². The molecule has 0 atom stereocenters. The smallest absolute Gasteiger partial charge is 0.296 e. The fraction of sp³-hybridized carbons (Fsp3) is 0.125. The summed E-state index contributed by atoms with van der Waals surface area (Å²) in [7, 11) is -4.30. The molecule has 1 rings (SSSR count). The molecule has 0 fully saturated rings. The molecular formula is C8H10N2O4S. The Morgan fingerprint density at radius 2 is 1.93 bits per heavy atom. The van der Waals surface area contributed by atoms with Crippen LogP contribution in [0.3, 0.4) is 0 Å². The summed E-state index contributed by atoms with van der Waals surface area (Å²) in [4.78, 5) is 10.3. The molecule has 0 saturated carbocycles. The van der Waals surface area contributed by atoms with Gasteiger partial charge >= 0.3 is 0 Å². The van der Waals surface area contributed by atoms with Crippen molar-refractivity contribution in [1.29, 1.82) is 0 Å². The zero-order chi connectivity index (χ0) is 11.5. The topological polar surface area (TPSA) is 95.5 Å². The fourth-order valence-electron chi connectivity index (χ4n) is 0.950. The molecule has 1 aromatic rings. The van der Waals surface area contributed by atoms with Crippen molar-refractivity contribution in [3.63, 3.8) is 0 Å². The van der Waals surface area contributed by atoms with Gasteiger partial charge in [0, 0.05) is 6.92 Å². The summed E-state index contributed by atoms with van der Waals surface area (Å²) in [6.45, 7) is 1.27. The Kier molecular flexibility index (Phi) is 3.28. The summed E-state index contributed by atoms with van der Waals surface area (Å²) < 4.78 is 30.7. The highest BCUT2D eigenvalue weighted by Crippen LogP contribution is 2.19. The molecule has 3 N–H and O–H groups in total. The number of carbonyl (C=O) groups is 1. The summed E-state index contributed by atoms with van der Waals surface area (Å²) in [5.41, 5.74) is 4.70. The molecule has 0 aliphatic heterocycles. The molecule has 15 heavy (non-hydrogen) atoms. The second-order valence-electron chi connectivity index (χ2n) is 2.78. The van der Waals surface area contributed by atoms with Crippen LogP contribution in [0.4, 0.5) is 5.69 Å². The van der Waals surface area contributed by atoms with E-state index in [1.54, 1.807) is 6.07 Å². The summed E-state index contributed by atoms with van der Waals surface area (Å²) >= 11 is 0. The molecule has 0 aliphatic carbocycles. The molecule has 0 heterocycles. The largest absolute Gasteiger partial charge is 0.297 e. The molecule has 82 valence electrons. The van der Waals surface area contributed by atoms with E-state index in [0.717, 1.165) is 0 Å². The lowest BCUT2D eigenvalue weighted by Crippen LogP contribution is -2.27. The summed E-state index contributed by atoms with van der Waals surface area (Å²) in [5, 5.41) is 0. The van der Waals surface area contributed by atoms with Crippen molar-refractivity contribution in [3.8, 4) is 0 Å². The van der Waals surface area contributed by atoms with E-state index in [1.165, 1.54) is 25.1 Å². The van der Waals surface area contributed by atoms with Gasteiger partial charge in [0.1, 0.15) is 4.90 Å². The maximum atomic E-state index is 10.9. The maximum Gasteiger partial charge on any atom is 0.296 e. The molecule has 0 saturated heterocycles. The van der Waals surface area contributed by atoms with E-state index in [4.69, 9.17) is 4.55 Å². The Hall–Kier alpha value is -1.60. The molecule has 6 nitrogen and oxygen atoms in total. The van der Waals surface area contributed by atoms with Gasteiger partial charge in [-0.1, -0.05) is 12.1 Å². The van der Waals surface area contributed by atoms with Crippen molar-refractivity contribution in [2.24, 2.45) is 0 Å². The zero-order valence-corrected chi connectivity index (χ0v) is 8.71. The van der Waals surface area contributed by atoms with Crippen LogP contribution in [0.5, 0.6) is 0 Å². The molecule has 7 heteroatoms. The lowest BCUT2D eigenvalue weighted by molar-refractivity contribution is -0.118. The number of carbonyl (C=O) groups excluding carboxylic acids is 1. The minimum atomic E-state index is -4.30. The normalized spacial score (nSPS) is 10.8. The Bertz CT molecular complexity index is 469. The molecule has 1 amide bonds. The highest BCUT2D eigenvalue weighted by molar-refractivity contribution is 7.86. The highest BCUT2D eigenvalue weighted by Gasteiger charge is 2.14. The van der Waals surface area contributed by atoms with E-state index in [0.29, 0.717) is 0 Å². The van der Waals surface area contributed by atoms with Crippen molar-refractivity contribution in [2.75, 3.05) is 5.43 Å². The molecule has 0 unspecified atom stereocenters. The van der Waals surface area contributed by atoms with Crippen molar-refractivity contribution in [1.82, 2.24) is 5.43 Å². The van der Waals surface area contributed by atoms with Crippen LogP contribution in [-0.2, 0) is 14.9 Å². The summed E-state index contributed by atoms with van der Waals surface area (Å²) in [5.74, 6) is -0.375. The number of para-hydroxylation sites is 1. The first-order chi connectivity index (χ1) is 6.91. The minimum Gasteiger partial charge on any atom is -0.297 e. The van der Waals surface area contributed by atoms with Crippen LogP contribution < -0.4 is 10.9 Å². The second-order valence-corrected chi connectivity index (χ2v) is 4.17. The lowest BCUT2D eigenvalue weighted by atomic mass is 10.3. The average Bonchev–Trinajstić information content (AvgIpc) is 2.13. The first kappa shape index (κ1) is 11.5. The number of rotatable bonds is 3. The third kappa shape index (κ3) is 3.22. The van der Waals surface area contributed by atoms with Crippen molar-refractivity contribution in [3.05, 3.63) is 24.3 Å². The lowest BCUT2D eigenvalue weighted by Gasteiger charge is -2.09. The van der Waals surface area contributed by atoms with Crippen LogP contribution in [0, 0.1) is 0 Å². The first-order valence-corrected chi connectivity index (χ1v) is 5.44. The highest BCUT2D eigenvalue weighted by atomic mass is 32.2. The SMILES string of the molecule is CC(=O)NNc1ccccc1S(=O)(=O)O. The predicted molar refractivity (Wildman–Crippen MR) is 53.7 cm³/mol. The van der Waals surface area contributed by atoms with Gasteiger partial charge in [-0.2, -0.15) is 8.42 Å². The Morgan fingerprint density at radius 3 is 2.47 bits per heavy atom. The Balaban J connectivity index is 3.02. The fourth-order valence-corrected chi connectivity index (χ4v) is 1.60. The first-order valence-electron chi connectivity index (χ1n) is 4.00. The maximum absolute atomic E-state index is 10.9. The van der Waals surface area contributed by atoms with E-state index in [1.807, 2.05) is 0 Å². The average molecular weight is 230 g/mol. The van der Waals surface area contributed by atoms with Crippen molar-refractivity contribution < 1.29 is 17.8 Å². The molecule has 1 aromatic carbocycles. The van der Waals surface area contributed by atoms with Crippen molar-refractivity contribution >= 4 is 21.7 Å². The number of amides is 1. The third-order valence-corrected chi connectivity index (χ3v) is 2.45.